The van der Waals surface area contributed by atoms with Gasteiger partial charge in [-0.3, -0.25) is 32.5 Å². The Morgan fingerprint density at radius 2 is 0.534 bits per heavy atom. The number of carbonyl (C=O) groups excluding carboxylic acids is 3. The number of phosphoric acid groups is 2. The number of carbonyl (C=O) groups is 3. The van der Waals surface area contributed by atoms with Crippen LogP contribution < -0.4 is 0 Å². The van der Waals surface area contributed by atoms with E-state index >= 15 is 0 Å². The van der Waals surface area contributed by atoms with Gasteiger partial charge in [-0.25, -0.2) is 9.13 Å². The minimum Gasteiger partial charge on any atom is -0.463 e. The molecule has 0 fully saturated rings. The Morgan fingerprint density at radius 3 is 0.874 bits per heavy atom. The average molecular weight is 1480 g/mol. The lowest BCUT2D eigenvalue weighted by atomic mass is 10.0. The van der Waals surface area contributed by atoms with E-state index in [2.05, 4.69) is 161 Å². The van der Waals surface area contributed by atoms with Crippen LogP contribution in [0, 0.1) is 0 Å². The van der Waals surface area contributed by atoms with Gasteiger partial charge in [-0.1, -0.05) is 307 Å². The predicted molar refractivity (Wildman–Crippen MR) is 426 cm³/mol. The van der Waals surface area contributed by atoms with Gasteiger partial charge in [0.15, 0.2) is 6.10 Å². The van der Waals surface area contributed by atoms with E-state index in [-0.39, 0.29) is 19.3 Å². The number of rotatable bonds is 74. The Kier molecular flexibility index (Phi) is 73.2. The molecule has 0 bridgehead atoms. The third-order valence-corrected chi connectivity index (χ3v) is 18.1. The van der Waals surface area contributed by atoms with Crippen molar-refractivity contribution in [1.82, 2.24) is 0 Å². The molecular weight excluding hydrogens is 1340 g/mol. The van der Waals surface area contributed by atoms with Crippen LogP contribution in [0.1, 0.15) is 303 Å². The first-order valence-electron chi connectivity index (χ1n) is 39.8. The van der Waals surface area contributed by atoms with Crippen LogP contribution in [0.3, 0.4) is 0 Å². The Hall–Kier alpha value is -4.83. The number of hydrogen-bond donors (Lipinski definition) is 4. The van der Waals surface area contributed by atoms with Crippen LogP contribution in [0.5, 0.6) is 0 Å². The molecule has 5 atom stereocenters. The molecule has 0 aliphatic heterocycles. The van der Waals surface area contributed by atoms with Gasteiger partial charge >= 0.3 is 33.6 Å². The van der Waals surface area contributed by atoms with Crippen LogP contribution in [0.15, 0.2) is 158 Å². The molecule has 103 heavy (non-hydrogen) atoms. The van der Waals surface area contributed by atoms with E-state index in [9.17, 15) is 43.5 Å². The van der Waals surface area contributed by atoms with Crippen molar-refractivity contribution in [2.45, 2.75) is 322 Å². The van der Waals surface area contributed by atoms with Crippen molar-refractivity contribution < 1.29 is 75.8 Å². The van der Waals surface area contributed by atoms with E-state index in [0.29, 0.717) is 25.7 Å². The van der Waals surface area contributed by atoms with Gasteiger partial charge in [-0.15, -0.1) is 0 Å². The number of hydrogen-bond acceptors (Lipinski definition) is 14. The molecule has 0 rings (SSSR count). The van der Waals surface area contributed by atoms with Crippen LogP contribution in [0.2, 0.25) is 0 Å². The second-order valence-electron chi connectivity index (χ2n) is 26.1. The third kappa shape index (κ3) is 78.1. The molecule has 0 spiro atoms. The maximum Gasteiger partial charge on any atom is 0.472 e. The smallest absolute Gasteiger partial charge is 0.463 e. The molecule has 0 aromatic rings. The third-order valence-electron chi connectivity index (χ3n) is 16.2. The summed E-state index contributed by atoms with van der Waals surface area (Å²) in [5, 5.41) is 20.6. The minimum atomic E-state index is -4.95. The highest BCUT2D eigenvalue weighted by Crippen LogP contribution is 2.45. The van der Waals surface area contributed by atoms with Crippen molar-refractivity contribution in [3.8, 4) is 0 Å². The summed E-state index contributed by atoms with van der Waals surface area (Å²) in [6.45, 7) is 2.33. The molecule has 0 saturated carbocycles. The fraction of sp³-hybridized carbons (Fsp3) is 0.659. The van der Waals surface area contributed by atoms with Gasteiger partial charge in [0, 0.05) is 19.3 Å². The lowest BCUT2D eigenvalue weighted by Gasteiger charge is -2.21. The van der Waals surface area contributed by atoms with Crippen molar-refractivity contribution in [2.24, 2.45) is 0 Å². The average Bonchev–Trinajstić information content (AvgIpc) is 0.917. The lowest BCUT2D eigenvalue weighted by molar-refractivity contribution is -0.161. The zero-order chi connectivity index (χ0) is 75.2. The molecule has 0 amide bonds. The van der Waals surface area contributed by atoms with Gasteiger partial charge in [-0.05, 0) is 135 Å². The molecule has 4 N–H and O–H groups in total. The summed E-state index contributed by atoms with van der Waals surface area (Å²) in [7, 11) is -9.82. The summed E-state index contributed by atoms with van der Waals surface area (Å²) < 4.78 is 61.0. The molecule has 18 heteroatoms. The van der Waals surface area contributed by atoms with Crippen molar-refractivity contribution >= 4 is 33.6 Å². The van der Waals surface area contributed by atoms with Gasteiger partial charge in [0.2, 0.25) is 0 Å². The Labute approximate surface area is 625 Å². The maximum absolute atomic E-state index is 13.0. The zero-order valence-corrected chi connectivity index (χ0v) is 66.0. The number of esters is 3. The van der Waals surface area contributed by atoms with Crippen molar-refractivity contribution in [3.63, 3.8) is 0 Å². The maximum atomic E-state index is 13.0. The topological polar surface area (TPSA) is 231 Å². The highest BCUT2D eigenvalue weighted by atomic mass is 31.2. The number of aliphatic hydroxyl groups is 2. The summed E-state index contributed by atoms with van der Waals surface area (Å²) >= 11 is 0. The molecule has 0 radical (unpaired) electrons. The van der Waals surface area contributed by atoms with Gasteiger partial charge in [0.05, 0.1) is 26.4 Å². The lowest BCUT2D eigenvalue weighted by Crippen LogP contribution is -2.30. The summed E-state index contributed by atoms with van der Waals surface area (Å²) in [5.74, 6) is -1.69. The van der Waals surface area contributed by atoms with Crippen LogP contribution in [0.4, 0.5) is 0 Å². The van der Waals surface area contributed by atoms with Gasteiger partial charge < -0.3 is 34.2 Å². The van der Waals surface area contributed by atoms with Gasteiger partial charge in [0.25, 0.3) is 0 Å². The fourth-order valence-corrected chi connectivity index (χ4v) is 11.8. The Bertz CT molecular complexity index is 2500. The minimum absolute atomic E-state index is 0.0381. The number of ether oxygens (including phenoxy) is 3. The molecule has 0 saturated heterocycles. The zero-order valence-electron chi connectivity index (χ0n) is 64.2. The van der Waals surface area contributed by atoms with E-state index < -0.39 is 91.5 Å². The molecule has 16 nitrogen and oxygen atoms in total. The highest BCUT2D eigenvalue weighted by molar-refractivity contribution is 7.47. The predicted octanol–water partition coefficient (Wildman–Crippen LogP) is 23.4. The number of unbranched alkanes of at least 4 members (excludes halogenated alkanes) is 25. The summed E-state index contributed by atoms with van der Waals surface area (Å²) in [6, 6.07) is 0. The number of aliphatic hydroxyl groups excluding tert-OH is 2. The van der Waals surface area contributed by atoms with Crippen LogP contribution in [-0.4, -0.2) is 95.9 Å². The summed E-state index contributed by atoms with van der Waals surface area (Å²) in [6.07, 6.45) is 96.0. The van der Waals surface area contributed by atoms with Crippen LogP contribution in [-0.2, 0) is 55.8 Å². The van der Waals surface area contributed by atoms with Crippen molar-refractivity contribution in [3.05, 3.63) is 158 Å². The molecule has 588 valence electrons. The van der Waals surface area contributed by atoms with Gasteiger partial charge in [0.1, 0.15) is 25.4 Å². The van der Waals surface area contributed by atoms with E-state index in [4.69, 9.17) is 32.3 Å². The molecule has 0 aromatic heterocycles. The number of phosphoric ester groups is 2. The van der Waals surface area contributed by atoms with E-state index in [1.807, 2.05) is 18.2 Å². The molecule has 0 aliphatic rings. The first kappa shape index (κ1) is 98.2. The van der Waals surface area contributed by atoms with Gasteiger partial charge in [-0.2, -0.15) is 0 Å². The van der Waals surface area contributed by atoms with E-state index in [1.165, 1.54) is 103 Å². The molecular formula is C85H142O16P2. The fourth-order valence-electron chi connectivity index (χ4n) is 10.2. The van der Waals surface area contributed by atoms with Crippen LogP contribution >= 0.6 is 15.6 Å². The Morgan fingerprint density at radius 1 is 0.282 bits per heavy atom. The van der Waals surface area contributed by atoms with Crippen molar-refractivity contribution in [1.29, 1.82) is 0 Å². The quantitative estimate of drug-likeness (QED) is 0.0146. The first-order chi connectivity index (χ1) is 50.2. The Balaban J connectivity index is 4.56. The normalized spacial score (nSPS) is 14.8. The monoisotopic (exact) mass is 1480 g/mol. The second-order valence-corrected chi connectivity index (χ2v) is 29.0. The van der Waals surface area contributed by atoms with E-state index in [0.717, 1.165) is 135 Å². The molecule has 0 aliphatic carbocycles. The number of allylic oxidation sites excluding steroid dienone is 26. The first-order valence-corrected chi connectivity index (χ1v) is 42.8. The standard InChI is InChI=1S/C85H142O16P2/c1-4-7-10-13-16-19-22-25-28-31-33-34-35-36-37-38-39-40-41-42-43-44-46-49-50-53-56-59-62-65-68-71-83(88)95-74-80(86)75-97-102(91,92)98-76-81(87)77-99-103(93,94)100-79-82(101-85(90)73-70-67-64-61-58-55-52-47-30-27-24-21-18-15-12-9-6-3)78-96-84(89)72-69-66-63-60-57-54-51-48-45-32-29-26-23-20-17-14-11-8-5-2/h8-9,11-12,16-21,25-30,33-34,36-37,45,48,54,57,63,66,80-82,86-87H,4-7,10,13-15,22-24,31-32,35,38-44,46-47,49-53,55-56,58-62,64-65,67-79H2,1-3H3,(H,91,92)(H,93,94)/b11-8-,12-9-,19-16-,20-17-,21-18-,28-25-,29-26-,30-27-,34-33-,37-36-,48-45-,57-54-,66-63-. The molecule has 0 heterocycles. The summed E-state index contributed by atoms with van der Waals surface area (Å²) in [4.78, 5) is 58.6. The highest BCUT2D eigenvalue weighted by Gasteiger charge is 2.29. The SMILES string of the molecule is CC/C=C\C/C=C\C/C=C\C/C=C\C/C=C\C/C=C\CCC(=O)OCC(COP(=O)(O)OCC(O)COP(=O)(O)OCC(O)COC(=O)CCCCCCCCCCCCCCCCC/C=C\C/C=C\C/C=C\C/C=C\CCCCC)OC(=O)CCCCCCCCC/C=C\C/C=C\C/C=C\CC. The molecule has 5 unspecified atom stereocenters. The summed E-state index contributed by atoms with van der Waals surface area (Å²) in [5.41, 5.74) is 0. The van der Waals surface area contributed by atoms with Crippen LogP contribution in [0.25, 0.3) is 0 Å². The van der Waals surface area contributed by atoms with E-state index in [1.54, 1.807) is 0 Å². The van der Waals surface area contributed by atoms with Crippen molar-refractivity contribution in [2.75, 3.05) is 39.6 Å². The molecule has 0 aromatic carbocycles. The second kappa shape index (κ2) is 76.8. The largest absolute Gasteiger partial charge is 0.472 e.